The van der Waals surface area contributed by atoms with Gasteiger partial charge in [0.15, 0.2) is 0 Å². The highest BCUT2D eigenvalue weighted by molar-refractivity contribution is 7.99. The largest absolute Gasteiger partial charge is 0.497 e. The van der Waals surface area contributed by atoms with E-state index in [9.17, 15) is 0 Å². The van der Waals surface area contributed by atoms with E-state index in [4.69, 9.17) is 13.9 Å². The average molecular weight is 356 g/mol. The van der Waals surface area contributed by atoms with Crippen molar-refractivity contribution in [3.05, 3.63) is 65.5 Å². The van der Waals surface area contributed by atoms with Crippen molar-refractivity contribution in [2.24, 2.45) is 0 Å². The molecule has 0 aliphatic rings. The summed E-state index contributed by atoms with van der Waals surface area (Å²) in [5.74, 6) is 3.07. The fourth-order valence-electron chi connectivity index (χ4n) is 2.28. The van der Waals surface area contributed by atoms with Crippen molar-refractivity contribution < 1.29 is 13.9 Å². The minimum Gasteiger partial charge on any atom is -0.497 e. The Balaban J connectivity index is 1.45. The first-order valence-corrected chi connectivity index (χ1v) is 8.99. The monoisotopic (exact) mass is 356 g/mol. The minimum absolute atomic E-state index is 0.566. The second kappa shape index (κ2) is 8.58. The lowest BCUT2D eigenvalue weighted by molar-refractivity contribution is 0.342. The van der Waals surface area contributed by atoms with Crippen molar-refractivity contribution in [3.63, 3.8) is 0 Å². The van der Waals surface area contributed by atoms with Crippen LogP contribution in [0.4, 0.5) is 0 Å². The van der Waals surface area contributed by atoms with E-state index < -0.39 is 0 Å². The summed E-state index contributed by atoms with van der Waals surface area (Å²) in [6.45, 7) is 2.63. The van der Waals surface area contributed by atoms with Gasteiger partial charge >= 0.3 is 0 Å². The molecular weight excluding hydrogens is 336 g/mol. The molecule has 0 aliphatic carbocycles. The quantitative estimate of drug-likeness (QED) is 0.446. The molecule has 0 saturated heterocycles. The van der Waals surface area contributed by atoms with Crippen molar-refractivity contribution in [3.8, 4) is 11.5 Å². The second-order valence-corrected chi connectivity index (χ2v) is 6.55. The van der Waals surface area contributed by atoms with Crippen LogP contribution in [-0.2, 0) is 6.42 Å². The van der Waals surface area contributed by atoms with Gasteiger partial charge < -0.3 is 13.9 Å². The molecule has 0 aliphatic heterocycles. The molecule has 3 aromatic rings. The summed E-state index contributed by atoms with van der Waals surface area (Å²) in [5, 5.41) is 8.73. The molecule has 0 saturated carbocycles. The highest BCUT2D eigenvalue weighted by Gasteiger charge is 2.08. The third-order valence-electron chi connectivity index (χ3n) is 3.53. The highest BCUT2D eigenvalue weighted by Crippen LogP contribution is 2.19. The standard InChI is InChI=1S/C19H20N2O3S/c1-14-4-3-5-17(12-14)23-10-11-25-19-21-20-18(24-19)13-15-6-8-16(22-2)9-7-15/h3-9,12H,10-11,13H2,1-2H3. The van der Waals surface area contributed by atoms with Crippen LogP contribution in [0.1, 0.15) is 17.0 Å². The molecule has 0 amide bonds. The lowest BCUT2D eigenvalue weighted by atomic mass is 10.1. The zero-order valence-electron chi connectivity index (χ0n) is 14.3. The van der Waals surface area contributed by atoms with Crippen LogP contribution in [0.2, 0.25) is 0 Å². The summed E-state index contributed by atoms with van der Waals surface area (Å²) in [5.41, 5.74) is 2.29. The van der Waals surface area contributed by atoms with Gasteiger partial charge in [0.05, 0.1) is 20.1 Å². The Bertz CT molecular complexity index is 802. The number of methoxy groups -OCH3 is 1. The van der Waals surface area contributed by atoms with E-state index in [2.05, 4.69) is 10.2 Å². The Hall–Kier alpha value is -2.47. The Morgan fingerprint density at radius 3 is 2.64 bits per heavy atom. The first-order valence-electron chi connectivity index (χ1n) is 8.00. The number of hydrogen-bond donors (Lipinski definition) is 0. The van der Waals surface area contributed by atoms with E-state index in [-0.39, 0.29) is 0 Å². The number of ether oxygens (including phenoxy) is 2. The first-order chi connectivity index (χ1) is 12.2. The fraction of sp³-hybridized carbons (Fsp3) is 0.263. The molecule has 2 aromatic carbocycles. The molecule has 0 spiro atoms. The van der Waals surface area contributed by atoms with Gasteiger partial charge in [-0.25, -0.2) is 0 Å². The maximum atomic E-state index is 5.71. The van der Waals surface area contributed by atoms with E-state index >= 15 is 0 Å². The molecule has 6 heteroatoms. The van der Waals surface area contributed by atoms with Crippen LogP contribution < -0.4 is 9.47 Å². The minimum atomic E-state index is 0.566. The molecule has 5 nitrogen and oxygen atoms in total. The Morgan fingerprint density at radius 1 is 1.04 bits per heavy atom. The predicted octanol–water partition coefficient (Wildman–Crippen LogP) is 4.15. The number of aromatic nitrogens is 2. The lowest BCUT2D eigenvalue weighted by Crippen LogP contribution is -2.00. The molecule has 0 fully saturated rings. The summed E-state index contributed by atoms with van der Waals surface area (Å²) in [6, 6.07) is 15.8. The number of rotatable bonds is 8. The van der Waals surface area contributed by atoms with Crippen LogP contribution in [0.5, 0.6) is 11.5 Å². The number of hydrogen-bond acceptors (Lipinski definition) is 6. The van der Waals surface area contributed by atoms with Gasteiger partial charge in [-0.05, 0) is 42.3 Å². The molecule has 1 heterocycles. The fourth-order valence-corrected chi connectivity index (χ4v) is 2.87. The van der Waals surface area contributed by atoms with Crippen LogP contribution in [-0.4, -0.2) is 29.7 Å². The topological polar surface area (TPSA) is 57.4 Å². The third kappa shape index (κ3) is 5.26. The van der Waals surface area contributed by atoms with Crippen molar-refractivity contribution in [2.75, 3.05) is 19.5 Å². The van der Waals surface area contributed by atoms with Crippen molar-refractivity contribution in [2.45, 2.75) is 18.6 Å². The smallest absolute Gasteiger partial charge is 0.276 e. The Kier molecular flexibility index (Phi) is 5.95. The summed E-state index contributed by atoms with van der Waals surface area (Å²) in [6.07, 6.45) is 0.608. The van der Waals surface area contributed by atoms with Crippen LogP contribution >= 0.6 is 11.8 Å². The van der Waals surface area contributed by atoms with Crippen molar-refractivity contribution in [1.29, 1.82) is 0 Å². The number of nitrogens with zero attached hydrogens (tertiary/aromatic N) is 2. The van der Waals surface area contributed by atoms with Gasteiger partial charge in [-0.15, -0.1) is 10.2 Å². The van der Waals surface area contributed by atoms with Gasteiger partial charge in [0.1, 0.15) is 11.5 Å². The molecule has 3 rings (SSSR count). The maximum Gasteiger partial charge on any atom is 0.276 e. The van der Waals surface area contributed by atoms with Crippen LogP contribution in [0.3, 0.4) is 0 Å². The van der Waals surface area contributed by atoms with Gasteiger partial charge in [-0.1, -0.05) is 36.0 Å². The average Bonchev–Trinajstić information content (AvgIpc) is 3.07. The Morgan fingerprint density at radius 2 is 1.88 bits per heavy atom. The van der Waals surface area contributed by atoms with Crippen LogP contribution in [0.25, 0.3) is 0 Å². The Labute approximate surface area is 151 Å². The summed E-state index contributed by atoms with van der Waals surface area (Å²) >= 11 is 1.50. The molecule has 0 atom stereocenters. The van der Waals surface area contributed by atoms with Gasteiger partial charge in [0.2, 0.25) is 5.89 Å². The van der Waals surface area contributed by atoms with Gasteiger partial charge in [0.25, 0.3) is 5.22 Å². The molecule has 1 aromatic heterocycles. The maximum absolute atomic E-state index is 5.71. The molecule has 0 N–H and O–H groups in total. The molecule has 0 unspecified atom stereocenters. The van der Waals surface area contributed by atoms with Gasteiger partial charge in [-0.2, -0.15) is 0 Å². The lowest BCUT2D eigenvalue weighted by Gasteiger charge is -2.05. The van der Waals surface area contributed by atoms with Crippen molar-refractivity contribution in [1.82, 2.24) is 10.2 Å². The zero-order chi connectivity index (χ0) is 17.5. The highest BCUT2D eigenvalue weighted by atomic mass is 32.2. The van der Waals surface area contributed by atoms with E-state index in [0.29, 0.717) is 24.1 Å². The van der Waals surface area contributed by atoms with Gasteiger partial charge in [-0.3, -0.25) is 0 Å². The molecule has 130 valence electrons. The molecule has 25 heavy (non-hydrogen) atoms. The number of aryl methyl sites for hydroxylation is 1. The van der Waals surface area contributed by atoms with Crippen molar-refractivity contribution >= 4 is 11.8 Å². The summed E-state index contributed by atoms with van der Waals surface area (Å²) in [4.78, 5) is 0. The van der Waals surface area contributed by atoms with E-state index in [1.54, 1.807) is 7.11 Å². The number of benzene rings is 2. The zero-order valence-corrected chi connectivity index (χ0v) is 15.1. The SMILES string of the molecule is COc1ccc(Cc2nnc(SCCOc3cccc(C)c3)o2)cc1. The molecule has 0 radical (unpaired) electrons. The van der Waals surface area contributed by atoms with E-state index in [0.717, 1.165) is 22.8 Å². The van der Waals surface area contributed by atoms with Crippen LogP contribution in [0, 0.1) is 6.92 Å². The molecular formula is C19H20N2O3S. The molecule has 0 bridgehead atoms. The summed E-state index contributed by atoms with van der Waals surface area (Å²) in [7, 11) is 1.65. The number of thioether (sulfide) groups is 1. The van der Waals surface area contributed by atoms with E-state index in [1.807, 2.05) is 55.5 Å². The normalized spacial score (nSPS) is 10.6. The summed E-state index contributed by atoms with van der Waals surface area (Å²) < 4.78 is 16.5. The first kappa shape index (κ1) is 17.4. The second-order valence-electron chi connectivity index (χ2n) is 5.50. The predicted molar refractivity (Wildman–Crippen MR) is 97.5 cm³/mol. The third-order valence-corrected chi connectivity index (χ3v) is 4.31. The van der Waals surface area contributed by atoms with Crippen LogP contribution in [0.15, 0.2) is 58.2 Å². The van der Waals surface area contributed by atoms with E-state index in [1.165, 1.54) is 17.3 Å². The van der Waals surface area contributed by atoms with Gasteiger partial charge in [0, 0.05) is 5.75 Å².